The number of nitrogens with one attached hydrogen (secondary N) is 1. The van der Waals surface area contributed by atoms with Gasteiger partial charge in [0, 0.05) is 24.9 Å². The highest BCUT2D eigenvalue weighted by molar-refractivity contribution is 5.80. The average Bonchev–Trinajstić information content (AvgIpc) is 3.46. The summed E-state index contributed by atoms with van der Waals surface area (Å²) in [5.74, 6) is -1.96. The van der Waals surface area contributed by atoms with Gasteiger partial charge < -0.3 is 24.8 Å². The number of ether oxygens (including phenoxy) is 2. The first kappa shape index (κ1) is 24.7. The van der Waals surface area contributed by atoms with Gasteiger partial charge in [-0.3, -0.25) is 9.59 Å². The smallest absolute Gasteiger partial charge is 0.407 e. The lowest BCUT2D eigenvalue weighted by molar-refractivity contribution is -0.145. The highest BCUT2D eigenvalue weighted by atomic mass is 16.5. The summed E-state index contributed by atoms with van der Waals surface area (Å²) in [7, 11) is 0. The summed E-state index contributed by atoms with van der Waals surface area (Å²) >= 11 is 0. The van der Waals surface area contributed by atoms with E-state index in [1.54, 1.807) is 4.90 Å². The van der Waals surface area contributed by atoms with Crippen molar-refractivity contribution in [3.05, 3.63) is 59.7 Å². The molecule has 1 aliphatic carbocycles. The van der Waals surface area contributed by atoms with Gasteiger partial charge in [0.05, 0.1) is 19.3 Å². The number of hydrogen-bond acceptors (Lipinski definition) is 5. The van der Waals surface area contributed by atoms with Crippen LogP contribution >= 0.6 is 0 Å². The maximum Gasteiger partial charge on any atom is 0.407 e. The number of carbonyl (C=O) groups is 3. The van der Waals surface area contributed by atoms with Crippen molar-refractivity contribution in [3.63, 3.8) is 0 Å². The Hall–Kier alpha value is -3.39. The van der Waals surface area contributed by atoms with Gasteiger partial charge >= 0.3 is 12.1 Å². The molecular formula is C27H32N2O6. The molecule has 1 fully saturated rings. The molecule has 8 heteroatoms. The SMILES string of the molecule is CC[C@@H](CC(=O)N(CC)C1COCC1C(=O)O)NC(=O)OCC1c2ccccc2-c2ccccc21. The normalized spacial score (nSPS) is 19.5. The van der Waals surface area contributed by atoms with E-state index in [1.165, 1.54) is 0 Å². The van der Waals surface area contributed by atoms with Crippen LogP contribution in [0.4, 0.5) is 4.79 Å². The summed E-state index contributed by atoms with van der Waals surface area (Å²) in [4.78, 5) is 38.7. The van der Waals surface area contributed by atoms with Crippen molar-refractivity contribution in [2.24, 2.45) is 5.92 Å². The number of aliphatic carboxylic acids is 1. The predicted molar refractivity (Wildman–Crippen MR) is 130 cm³/mol. The van der Waals surface area contributed by atoms with Crippen molar-refractivity contribution < 1.29 is 29.0 Å². The molecule has 35 heavy (non-hydrogen) atoms. The minimum Gasteiger partial charge on any atom is -0.481 e. The topological polar surface area (TPSA) is 105 Å². The van der Waals surface area contributed by atoms with E-state index in [0.29, 0.717) is 13.0 Å². The fourth-order valence-corrected chi connectivity index (χ4v) is 5.11. The van der Waals surface area contributed by atoms with E-state index in [9.17, 15) is 19.5 Å². The van der Waals surface area contributed by atoms with E-state index < -0.39 is 30.1 Å². The lowest BCUT2D eigenvalue weighted by atomic mass is 9.98. The van der Waals surface area contributed by atoms with Crippen LogP contribution in [0.15, 0.2) is 48.5 Å². The van der Waals surface area contributed by atoms with E-state index in [0.717, 1.165) is 22.3 Å². The summed E-state index contributed by atoms with van der Waals surface area (Å²) in [6.45, 7) is 4.57. The average molecular weight is 481 g/mol. The lowest BCUT2D eigenvalue weighted by Crippen LogP contribution is -2.48. The number of carboxylic acid groups (broad SMARTS) is 1. The van der Waals surface area contributed by atoms with Gasteiger partial charge in [-0.2, -0.15) is 0 Å². The third kappa shape index (κ3) is 5.17. The second-order valence-electron chi connectivity index (χ2n) is 9.01. The second kappa shape index (κ2) is 10.9. The summed E-state index contributed by atoms with van der Waals surface area (Å²) in [6.07, 6.45) is 0.0381. The van der Waals surface area contributed by atoms with E-state index in [4.69, 9.17) is 9.47 Å². The van der Waals surface area contributed by atoms with Gasteiger partial charge in [0.15, 0.2) is 0 Å². The first-order valence-corrected chi connectivity index (χ1v) is 12.2. The van der Waals surface area contributed by atoms with Crippen molar-refractivity contribution in [3.8, 4) is 11.1 Å². The maximum absolute atomic E-state index is 13.0. The molecule has 2 unspecified atom stereocenters. The predicted octanol–water partition coefficient (Wildman–Crippen LogP) is 3.64. The van der Waals surface area contributed by atoms with Crippen LogP contribution in [0, 0.1) is 5.92 Å². The molecule has 2 aliphatic rings. The zero-order valence-corrected chi connectivity index (χ0v) is 20.1. The minimum atomic E-state index is -0.970. The number of hydrogen-bond donors (Lipinski definition) is 2. The lowest BCUT2D eigenvalue weighted by Gasteiger charge is -2.30. The number of nitrogens with zero attached hydrogens (tertiary/aromatic N) is 1. The van der Waals surface area contributed by atoms with Crippen molar-refractivity contribution >= 4 is 18.0 Å². The maximum atomic E-state index is 13.0. The van der Waals surface area contributed by atoms with Crippen LogP contribution in [0.2, 0.25) is 0 Å². The molecule has 0 aromatic heterocycles. The Kier molecular flexibility index (Phi) is 7.70. The third-order valence-corrected chi connectivity index (χ3v) is 7.01. The zero-order valence-electron chi connectivity index (χ0n) is 20.1. The largest absolute Gasteiger partial charge is 0.481 e. The van der Waals surface area contributed by atoms with E-state index in [1.807, 2.05) is 38.1 Å². The van der Waals surface area contributed by atoms with Crippen molar-refractivity contribution in [1.29, 1.82) is 0 Å². The summed E-state index contributed by atoms with van der Waals surface area (Å²) in [5.41, 5.74) is 4.58. The number of benzene rings is 2. The third-order valence-electron chi connectivity index (χ3n) is 7.01. The monoisotopic (exact) mass is 480 g/mol. The Morgan fingerprint density at radius 3 is 2.26 bits per heavy atom. The fourth-order valence-electron chi connectivity index (χ4n) is 5.11. The van der Waals surface area contributed by atoms with Crippen LogP contribution in [-0.2, 0) is 19.1 Å². The highest BCUT2D eigenvalue weighted by Crippen LogP contribution is 2.44. The Bertz CT molecular complexity index is 1040. The number of likely N-dealkylation sites (N-methyl/N-ethyl adjacent to an activating group) is 1. The number of carbonyl (C=O) groups excluding carboxylic acids is 2. The van der Waals surface area contributed by atoms with E-state index >= 15 is 0 Å². The van der Waals surface area contributed by atoms with Gasteiger partial charge in [0.1, 0.15) is 12.5 Å². The standard InChI is InChI=1S/C27H32N2O6/c1-3-17(13-25(30)29(4-2)24-16-34-14-23(24)26(31)32)28-27(33)35-15-22-20-11-7-5-9-18(20)19-10-6-8-12-21(19)22/h5-12,17,22-24H,3-4,13-16H2,1-2H3,(H,28,33)(H,31,32)/t17-,23?,24?/m0/s1. The number of alkyl carbamates (subject to hydrolysis) is 1. The molecule has 0 radical (unpaired) electrons. The molecule has 0 spiro atoms. The Labute approximate surface area is 205 Å². The molecule has 1 saturated heterocycles. The zero-order chi connectivity index (χ0) is 24.9. The van der Waals surface area contributed by atoms with Crippen LogP contribution in [0.5, 0.6) is 0 Å². The van der Waals surface area contributed by atoms with Crippen LogP contribution < -0.4 is 5.32 Å². The Morgan fingerprint density at radius 1 is 1.06 bits per heavy atom. The number of amides is 2. The molecule has 186 valence electrons. The first-order chi connectivity index (χ1) is 16.9. The molecule has 4 rings (SSSR count). The Balaban J connectivity index is 1.35. The number of rotatable bonds is 9. The Morgan fingerprint density at radius 2 is 1.69 bits per heavy atom. The molecule has 0 bridgehead atoms. The molecular weight excluding hydrogens is 448 g/mol. The van der Waals surface area contributed by atoms with Crippen molar-refractivity contribution in [2.45, 2.75) is 44.7 Å². The second-order valence-corrected chi connectivity index (χ2v) is 9.01. The van der Waals surface area contributed by atoms with Gasteiger partial charge in [0.2, 0.25) is 5.91 Å². The molecule has 8 nitrogen and oxygen atoms in total. The van der Waals surface area contributed by atoms with E-state index in [-0.39, 0.29) is 38.1 Å². The molecule has 2 N–H and O–H groups in total. The molecule has 2 aromatic rings. The van der Waals surface area contributed by atoms with Crippen molar-refractivity contribution in [1.82, 2.24) is 10.2 Å². The fraction of sp³-hybridized carbons (Fsp3) is 0.444. The molecule has 1 heterocycles. The van der Waals surface area contributed by atoms with Crippen LogP contribution in [0.3, 0.4) is 0 Å². The van der Waals surface area contributed by atoms with Gasteiger partial charge in [0.25, 0.3) is 0 Å². The first-order valence-electron chi connectivity index (χ1n) is 12.2. The van der Waals surface area contributed by atoms with Crippen molar-refractivity contribution in [2.75, 3.05) is 26.4 Å². The highest BCUT2D eigenvalue weighted by Gasteiger charge is 2.39. The molecule has 2 amide bonds. The summed E-state index contributed by atoms with van der Waals surface area (Å²) in [5, 5.41) is 12.3. The van der Waals surface area contributed by atoms with Crippen LogP contribution in [0.25, 0.3) is 11.1 Å². The van der Waals surface area contributed by atoms with Gasteiger partial charge in [-0.25, -0.2) is 4.79 Å². The van der Waals surface area contributed by atoms with Crippen LogP contribution in [0.1, 0.15) is 43.7 Å². The van der Waals surface area contributed by atoms with Gasteiger partial charge in [-0.15, -0.1) is 0 Å². The molecule has 2 aromatic carbocycles. The molecule has 3 atom stereocenters. The number of fused-ring (bicyclic) bond motifs is 3. The van der Waals surface area contributed by atoms with Crippen LogP contribution in [-0.4, -0.2) is 66.4 Å². The molecule has 1 aliphatic heterocycles. The van der Waals surface area contributed by atoms with Gasteiger partial charge in [-0.1, -0.05) is 55.5 Å². The summed E-state index contributed by atoms with van der Waals surface area (Å²) < 4.78 is 10.9. The quantitative estimate of drug-likeness (QED) is 0.568. The number of carboxylic acids is 1. The molecule has 0 saturated carbocycles. The summed E-state index contributed by atoms with van der Waals surface area (Å²) in [6, 6.07) is 15.3. The minimum absolute atomic E-state index is 0.0410. The van der Waals surface area contributed by atoms with Gasteiger partial charge in [-0.05, 0) is 35.6 Å². The van der Waals surface area contributed by atoms with E-state index in [2.05, 4.69) is 29.6 Å².